The van der Waals surface area contributed by atoms with E-state index >= 15 is 0 Å². The molecule has 0 aromatic heterocycles. The number of carbonyl (C=O) groups is 1. The second kappa shape index (κ2) is 6.96. The molecule has 1 aromatic rings. The Morgan fingerprint density at radius 3 is 2.38 bits per heavy atom. The van der Waals surface area contributed by atoms with E-state index in [1.54, 1.807) is 0 Å². The second-order valence-corrected chi connectivity index (χ2v) is 12.6. The fourth-order valence-electron chi connectivity index (χ4n) is 2.18. The van der Waals surface area contributed by atoms with Crippen LogP contribution in [0.1, 0.15) is 26.3 Å². The van der Waals surface area contributed by atoms with Crippen molar-refractivity contribution < 1.29 is 23.8 Å². The predicted molar refractivity (Wildman–Crippen MR) is 94.5 cm³/mol. The molecule has 0 radical (unpaired) electrons. The van der Waals surface area contributed by atoms with Gasteiger partial charge in [-0.15, -0.1) is 0 Å². The van der Waals surface area contributed by atoms with Gasteiger partial charge in [0.1, 0.15) is 6.10 Å². The molecule has 1 aliphatic heterocycles. The third-order valence-electron chi connectivity index (χ3n) is 4.96. The van der Waals surface area contributed by atoms with Crippen LogP contribution < -0.4 is 0 Å². The van der Waals surface area contributed by atoms with Crippen molar-refractivity contribution in [2.24, 2.45) is 0 Å². The monoisotopic (exact) mass is 352 g/mol. The fourth-order valence-corrected chi connectivity index (χ4v) is 3.50. The molecule has 0 bridgehead atoms. The van der Waals surface area contributed by atoms with Gasteiger partial charge in [0.2, 0.25) is 5.60 Å². The number of carboxylic acids is 1. The van der Waals surface area contributed by atoms with Gasteiger partial charge in [-0.05, 0) is 23.7 Å². The summed E-state index contributed by atoms with van der Waals surface area (Å²) in [5.74, 6) is -0.977. The first kappa shape index (κ1) is 19.1. The number of benzene rings is 1. The van der Waals surface area contributed by atoms with Crippen LogP contribution >= 0.6 is 0 Å². The summed E-state index contributed by atoms with van der Waals surface area (Å²) in [5, 5.41) is 9.53. The van der Waals surface area contributed by atoms with Crippen LogP contribution in [0.2, 0.25) is 18.1 Å². The lowest BCUT2D eigenvalue weighted by atomic mass is 10.1. The van der Waals surface area contributed by atoms with E-state index in [4.69, 9.17) is 13.9 Å². The zero-order valence-electron chi connectivity index (χ0n) is 15.2. The molecule has 0 amide bonds. The summed E-state index contributed by atoms with van der Waals surface area (Å²) in [6, 6.07) is 9.80. The van der Waals surface area contributed by atoms with Crippen LogP contribution in [-0.4, -0.2) is 44.3 Å². The SMILES string of the molecule is CC(C)(C)[Si](C)(C)O[C@H](COCc1ccccc1)C1(C(=O)O)CO1. The molecule has 6 heteroatoms. The minimum atomic E-state index is -2.14. The van der Waals surface area contributed by atoms with Crippen LogP contribution in [0.5, 0.6) is 0 Å². The Morgan fingerprint density at radius 1 is 1.33 bits per heavy atom. The fraction of sp³-hybridized carbons (Fsp3) is 0.611. The van der Waals surface area contributed by atoms with Gasteiger partial charge >= 0.3 is 5.97 Å². The standard InChI is InChI=1S/C18H28O5Si/c1-17(2,3)24(4,5)23-15(18(13-22-18)16(19)20)12-21-11-14-9-7-6-8-10-14/h6-10,15H,11-13H2,1-5H3,(H,19,20)/t15-,18?/m1/s1. The van der Waals surface area contributed by atoms with Crippen molar-refractivity contribution in [2.45, 2.75) is 57.2 Å². The van der Waals surface area contributed by atoms with Crippen molar-refractivity contribution in [3.63, 3.8) is 0 Å². The average Bonchev–Trinajstić information content (AvgIpc) is 3.27. The number of hydrogen-bond acceptors (Lipinski definition) is 4. The highest BCUT2D eigenvalue weighted by molar-refractivity contribution is 6.74. The number of aliphatic carboxylic acids is 1. The molecule has 1 aromatic carbocycles. The summed E-state index contributed by atoms with van der Waals surface area (Å²) in [6.07, 6.45) is -0.598. The summed E-state index contributed by atoms with van der Waals surface area (Å²) < 4.78 is 17.4. The maximum absolute atomic E-state index is 11.6. The Balaban J connectivity index is 2.06. The minimum absolute atomic E-state index is 0.0146. The lowest BCUT2D eigenvalue weighted by molar-refractivity contribution is -0.149. The maximum atomic E-state index is 11.6. The molecule has 24 heavy (non-hydrogen) atoms. The van der Waals surface area contributed by atoms with Crippen LogP contribution in [-0.2, 0) is 25.3 Å². The number of carboxylic acid groups (broad SMARTS) is 1. The molecule has 1 heterocycles. The van der Waals surface area contributed by atoms with Gasteiger partial charge in [-0.3, -0.25) is 0 Å². The summed E-state index contributed by atoms with van der Waals surface area (Å²) in [5.41, 5.74) is -0.212. The summed E-state index contributed by atoms with van der Waals surface area (Å²) >= 11 is 0. The van der Waals surface area contributed by atoms with Crippen molar-refractivity contribution in [3.8, 4) is 0 Å². The molecule has 0 spiro atoms. The van der Waals surface area contributed by atoms with Crippen molar-refractivity contribution >= 4 is 14.3 Å². The Bertz CT molecular complexity index is 561. The average molecular weight is 353 g/mol. The molecular weight excluding hydrogens is 324 g/mol. The molecule has 2 atom stereocenters. The van der Waals surface area contributed by atoms with Crippen molar-refractivity contribution in [2.75, 3.05) is 13.2 Å². The topological polar surface area (TPSA) is 68.3 Å². The van der Waals surface area contributed by atoms with Gasteiger partial charge in [0.05, 0.1) is 19.8 Å². The normalized spacial score (nSPS) is 22.2. The van der Waals surface area contributed by atoms with Crippen LogP contribution in [0.4, 0.5) is 0 Å². The Kier molecular flexibility index (Phi) is 5.54. The third-order valence-corrected chi connectivity index (χ3v) is 9.45. The predicted octanol–water partition coefficient (Wildman–Crippen LogP) is 3.45. The number of epoxide rings is 1. The first-order valence-electron chi connectivity index (χ1n) is 8.25. The molecule has 5 nitrogen and oxygen atoms in total. The van der Waals surface area contributed by atoms with Crippen molar-refractivity contribution in [3.05, 3.63) is 35.9 Å². The van der Waals surface area contributed by atoms with E-state index in [1.807, 2.05) is 30.3 Å². The van der Waals surface area contributed by atoms with E-state index in [-0.39, 0.29) is 18.3 Å². The van der Waals surface area contributed by atoms with E-state index in [0.717, 1.165) is 5.56 Å². The molecule has 1 unspecified atom stereocenters. The number of rotatable bonds is 8. The van der Waals surface area contributed by atoms with Gasteiger partial charge in [-0.1, -0.05) is 51.1 Å². The van der Waals surface area contributed by atoms with Crippen LogP contribution in [0, 0.1) is 0 Å². The largest absolute Gasteiger partial charge is 0.479 e. The number of hydrogen-bond donors (Lipinski definition) is 1. The lowest BCUT2D eigenvalue weighted by Gasteiger charge is -2.40. The minimum Gasteiger partial charge on any atom is -0.479 e. The molecule has 1 saturated heterocycles. The van der Waals surface area contributed by atoms with E-state index in [0.29, 0.717) is 6.61 Å². The second-order valence-electron chi connectivity index (χ2n) is 7.85. The lowest BCUT2D eigenvalue weighted by Crippen LogP contribution is -2.52. The van der Waals surface area contributed by atoms with Crippen LogP contribution in [0.3, 0.4) is 0 Å². The van der Waals surface area contributed by atoms with Gasteiger partial charge in [0, 0.05) is 0 Å². The third kappa shape index (κ3) is 4.24. The summed E-state index contributed by atoms with van der Waals surface area (Å²) in [6.45, 7) is 11.4. The van der Waals surface area contributed by atoms with Gasteiger partial charge in [0.15, 0.2) is 8.32 Å². The maximum Gasteiger partial charge on any atom is 0.341 e. The summed E-state index contributed by atoms with van der Waals surface area (Å²) in [4.78, 5) is 11.6. The van der Waals surface area contributed by atoms with E-state index < -0.39 is 26.0 Å². The zero-order valence-corrected chi connectivity index (χ0v) is 16.2. The highest BCUT2D eigenvalue weighted by atomic mass is 28.4. The first-order chi connectivity index (χ1) is 11.1. The Morgan fingerprint density at radius 2 is 1.92 bits per heavy atom. The van der Waals surface area contributed by atoms with Gasteiger partial charge in [0.25, 0.3) is 0 Å². The first-order valence-corrected chi connectivity index (χ1v) is 11.2. The zero-order chi connectivity index (χ0) is 18.0. The highest BCUT2D eigenvalue weighted by Crippen LogP contribution is 2.42. The Labute approximate surface area is 145 Å². The molecule has 1 N–H and O–H groups in total. The quantitative estimate of drug-likeness (QED) is 0.573. The molecular formula is C18H28O5Si. The van der Waals surface area contributed by atoms with E-state index in [1.165, 1.54) is 0 Å². The van der Waals surface area contributed by atoms with E-state index in [9.17, 15) is 9.90 Å². The smallest absolute Gasteiger partial charge is 0.341 e. The van der Waals surface area contributed by atoms with Crippen molar-refractivity contribution in [1.82, 2.24) is 0 Å². The van der Waals surface area contributed by atoms with Crippen LogP contribution in [0.25, 0.3) is 0 Å². The van der Waals surface area contributed by atoms with E-state index in [2.05, 4.69) is 33.9 Å². The molecule has 134 valence electrons. The summed E-state index contributed by atoms with van der Waals surface area (Å²) in [7, 11) is -2.14. The van der Waals surface area contributed by atoms with Gasteiger partial charge in [-0.25, -0.2) is 4.79 Å². The molecule has 2 rings (SSSR count). The highest BCUT2D eigenvalue weighted by Gasteiger charge is 2.61. The number of ether oxygens (including phenoxy) is 2. The molecule has 0 aliphatic carbocycles. The van der Waals surface area contributed by atoms with Gasteiger partial charge in [-0.2, -0.15) is 0 Å². The molecule has 0 saturated carbocycles. The Hall–Kier alpha value is -1.21. The molecule has 1 aliphatic rings. The molecule has 1 fully saturated rings. The van der Waals surface area contributed by atoms with Gasteiger partial charge < -0.3 is 19.0 Å². The van der Waals surface area contributed by atoms with Crippen LogP contribution in [0.15, 0.2) is 30.3 Å². The van der Waals surface area contributed by atoms with Crippen molar-refractivity contribution in [1.29, 1.82) is 0 Å².